The maximum Gasteiger partial charge on any atom is 0.313 e. The first-order chi connectivity index (χ1) is 10.1. The van der Waals surface area contributed by atoms with Gasteiger partial charge in [0.15, 0.2) is 0 Å². The van der Waals surface area contributed by atoms with Crippen LogP contribution in [0.1, 0.15) is 12.0 Å². The molecule has 2 aliphatic rings. The van der Waals surface area contributed by atoms with Crippen LogP contribution in [0.2, 0.25) is 0 Å². The predicted molar refractivity (Wildman–Crippen MR) is 81.8 cm³/mol. The summed E-state index contributed by atoms with van der Waals surface area (Å²) < 4.78 is 5.14. The highest BCUT2D eigenvalue weighted by molar-refractivity contribution is 5.78. The van der Waals surface area contributed by atoms with Crippen LogP contribution in [-0.2, 0) is 16.1 Å². The van der Waals surface area contributed by atoms with E-state index >= 15 is 0 Å². The lowest BCUT2D eigenvalue weighted by atomic mass is 9.72. The molecule has 1 aromatic carbocycles. The van der Waals surface area contributed by atoms with E-state index in [9.17, 15) is 4.79 Å². The van der Waals surface area contributed by atoms with Crippen molar-refractivity contribution in [2.45, 2.75) is 13.0 Å². The Balaban J connectivity index is 1.77. The third-order valence-corrected chi connectivity index (χ3v) is 5.08. The fourth-order valence-corrected chi connectivity index (χ4v) is 3.95. The van der Waals surface area contributed by atoms with Crippen molar-refractivity contribution >= 4 is 5.97 Å². The highest BCUT2D eigenvalue weighted by Gasteiger charge is 2.54. The van der Waals surface area contributed by atoms with E-state index in [1.54, 1.807) is 0 Å². The molecule has 3 rings (SSSR count). The number of benzene rings is 1. The summed E-state index contributed by atoms with van der Waals surface area (Å²) in [6.07, 6.45) is 0.909. The molecule has 21 heavy (non-hydrogen) atoms. The molecule has 0 aromatic heterocycles. The largest absolute Gasteiger partial charge is 0.469 e. The molecule has 1 aromatic rings. The molecule has 2 heterocycles. The van der Waals surface area contributed by atoms with E-state index in [2.05, 4.69) is 41.1 Å². The van der Waals surface area contributed by atoms with Gasteiger partial charge in [0.05, 0.1) is 12.5 Å². The molecular formula is C17H24N2O2. The number of esters is 1. The first kappa shape index (κ1) is 14.5. The minimum Gasteiger partial charge on any atom is -0.469 e. The summed E-state index contributed by atoms with van der Waals surface area (Å²) in [5.74, 6) is 0.364. The van der Waals surface area contributed by atoms with E-state index in [0.717, 1.165) is 39.1 Å². The van der Waals surface area contributed by atoms with Crippen molar-refractivity contribution < 1.29 is 9.53 Å². The van der Waals surface area contributed by atoms with Crippen molar-refractivity contribution in [1.82, 2.24) is 9.80 Å². The van der Waals surface area contributed by atoms with Crippen LogP contribution in [-0.4, -0.2) is 56.1 Å². The Hall–Kier alpha value is -1.39. The monoisotopic (exact) mass is 288 g/mol. The van der Waals surface area contributed by atoms with Crippen molar-refractivity contribution in [3.8, 4) is 0 Å². The molecule has 2 unspecified atom stereocenters. The Morgan fingerprint density at radius 2 is 2.10 bits per heavy atom. The van der Waals surface area contributed by atoms with Gasteiger partial charge in [0.2, 0.25) is 0 Å². The second kappa shape index (κ2) is 5.78. The van der Waals surface area contributed by atoms with Crippen LogP contribution in [0.3, 0.4) is 0 Å². The Morgan fingerprint density at radius 3 is 2.81 bits per heavy atom. The maximum atomic E-state index is 12.4. The molecule has 0 radical (unpaired) electrons. The number of methoxy groups -OCH3 is 1. The first-order valence-corrected chi connectivity index (χ1v) is 7.67. The van der Waals surface area contributed by atoms with Crippen LogP contribution in [0, 0.1) is 11.3 Å². The Morgan fingerprint density at radius 1 is 1.33 bits per heavy atom. The smallest absolute Gasteiger partial charge is 0.313 e. The van der Waals surface area contributed by atoms with Gasteiger partial charge in [0.25, 0.3) is 0 Å². The van der Waals surface area contributed by atoms with Crippen molar-refractivity contribution in [3.63, 3.8) is 0 Å². The lowest BCUT2D eigenvalue weighted by molar-refractivity contribution is -0.157. The fraction of sp³-hybridized carbons (Fsp3) is 0.588. The van der Waals surface area contributed by atoms with Gasteiger partial charge in [-0.1, -0.05) is 30.3 Å². The molecule has 0 bridgehead atoms. The van der Waals surface area contributed by atoms with E-state index in [1.807, 2.05) is 6.07 Å². The Bertz CT molecular complexity index is 505. The number of ether oxygens (including phenoxy) is 1. The highest BCUT2D eigenvalue weighted by atomic mass is 16.5. The topological polar surface area (TPSA) is 32.8 Å². The van der Waals surface area contributed by atoms with E-state index in [-0.39, 0.29) is 11.4 Å². The standard InChI is InChI=1S/C17H24N2O2/c1-18-9-8-17(16(20)21-2)13-19(12-15(17)11-18)10-14-6-4-3-5-7-14/h3-7,15H,8-13H2,1-2H3. The number of likely N-dealkylation sites (tertiary alicyclic amines) is 2. The van der Waals surface area contributed by atoms with E-state index in [1.165, 1.54) is 12.7 Å². The zero-order chi connectivity index (χ0) is 14.9. The highest BCUT2D eigenvalue weighted by Crippen LogP contribution is 2.43. The van der Waals surface area contributed by atoms with Gasteiger partial charge < -0.3 is 9.64 Å². The molecule has 114 valence electrons. The second-order valence-electron chi connectivity index (χ2n) is 6.51. The maximum absolute atomic E-state index is 12.4. The van der Waals surface area contributed by atoms with Crippen LogP contribution in [0.4, 0.5) is 0 Å². The van der Waals surface area contributed by atoms with Gasteiger partial charge in [-0.25, -0.2) is 0 Å². The average molecular weight is 288 g/mol. The Kier molecular flexibility index (Phi) is 4.00. The molecule has 0 aliphatic carbocycles. The van der Waals surface area contributed by atoms with E-state index in [0.29, 0.717) is 5.92 Å². The zero-order valence-electron chi connectivity index (χ0n) is 12.9. The molecule has 2 saturated heterocycles. The average Bonchev–Trinajstić information content (AvgIpc) is 2.85. The molecule has 0 N–H and O–H groups in total. The van der Waals surface area contributed by atoms with Crippen molar-refractivity contribution in [1.29, 1.82) is 0 Å². The van der Waals surface area contributed by atoms with Crippen molar-refractivity contribution in [2.24, 2.45) is 11.3 Å². The van der Waals surface area contributed by atoms with Crippen LogP contribution in [0.25, 0.3) is 0 Å². The number of carbonyl (C=O) groups excluding carboxylic acids is 1. The van der Waals surface area contributed by atoms with Crippen LogP contribution in [0.15, 0.2) is 30.3 Å². The molecule has 4 nitrogen and oxygen atoms in total. The van der Waals surface area contributed by atoms with Gasteiger partial charge in [-0.3, -0.25) is 9.69 Å². The number of carbonyl (C=O) groups is 1. The quantitative estimate of drug-likeness (QED) is 0.791. The van der Waals surface area contributed by atoms with Gasteiger partial charge >= 0.3 is 5.97 Å². The summed E-state index contributed by atoms with van der Waals surface area (Å²) in [6.45, 7) is 4.69. The normalized spacial score (nSPS) is 30.1. The third kappa shape index (κ3) is 2.70. The lowest BCUT2D eigenvalue weighted by Crippen LogP contribution is -2.50. The summed E-state index contributed by atoms with van der Waals surface area (Å²) in [5, 5.41) is 0. The van der Waals surface area contributed by atoms with E-state index < -0.39 is 0 Å². The Labute approximate surface area is 126 Å². The van der Waals surface area contributed by atoms with Gasteiger partial charge in [0.1, 0.15) is 0 Å². The van der Waals surface area contributed by atoms with E-state index in [4.69, 9.17) is 4.74 Å². The molecular weight excluding hydrogens is 264 g/mol. The summed E-state index contributed by atoms with van der Waals surface area (Å²) in [6, 6.07) is 10.5. The molecule has 4 heteroatoms. The summed E-state index contributed by atoms with van der Waals surface area (Å²) >= 11 is 0. The molecule has 0 amide bonds. The number of fused-ring (bicyclic) bond motifs is 1. The molecule has 0 saturated carbocycles. The second-order valence-corrected chi connectivity index (χ2v) is 6.51. The number of piperidine rings is 1. The van der Waals surface area contributed by atoms with Gasteiger partial charge in [0, 0.05) is 32.1 Å². The summed E-state index contributed by atoms with van der Waals surface area (Å²) in [4.78, 5) is 17.2. The van der Waals surface area contributed by atoms with Crippen molar-refractivity contribution in [3.05, 3.63) is 35.9 Å². The van der Waals surface area contributed by atoms with Crippen LogP contribution in [0.5, 0.6) is 0 Å². The SMILES string of the molecule is COC(=O)C12CCN(C)CC1CN(Cc1ccccc1)C2. The zero-order valence-corrected chi connectivity index (χ0v) is 12.9. The summed E-state index contributed by atoms with van der Waals surface area (Å²) in [7, 11) is 3.66. The van der Waals surface area contributed by atoms with Crippen LogP contribution < -0.4 is 0 Å². The van der Waals surface area contributed by atoms with Crippen LogP contribution >= 0.6 is 0 Å². The third-order valence-electron chi connectivity index (χ3n) is 5.08. The number of rotatable bonds is 3. The van der Waals surface area contributed by atoms with Gasteiger partial charge in [-0.15, -0.1) is 0 Å². The fourth-order valence-electron chi connectivity index (χ4n) is 3.95. The van der Waals surface area contributed by atoms with Gasteiger partial charge in [-0.05, 0) is 25.6 Å². The molecule has 2 atom stereocenters. The molecule has 2 fully saturated rings. The number of hydrogen-bond donors (Lipinski definition) is 0. The van der Waals surface area contributed by atoms with Crippen molar-refractivity contribution in [2.75, 3.05) is 40.3 Å². The number of nitrogens with zero attached hydrogens (tertiary/aromatic N) is 2. The number of hydrogen-bond acceptors (Lipinski definition) is 4. The first-order valence-electron chi connectivity index (χ1n) is 7.67. The molecule has 0 spiro atoms. The minimum atomic E-state index is -0.296. The predicted octanol–water partition coefficient (Wildman–Crippen LogP) is 1.61. The lowest BCUT2D eigenvalue weighted by Gasteiger charge is -2.39. The molecule has 2 aliphatic heterocycles. The van der Waals surface area contributed by atoms with Gasteiger partial charge in [-0.2, -0.15) is 0 Å². The summed E-state index contributed by atoms with van der Waals surface area (Å²) in [5.41, 5.74) is 1.01. The minimum absolute atomic E-state index is 0.0174.